The van der Waals surface area contributed by atoms with Crippen LogP contribution in [-0.4, -0.2) is 24.2 Å². The van der Waals surface area contributed by atoms with Crippen molar-refractivity contribution in [3.05, 3.63) is 17.8 Å². The topological polar surface area (TPSA) is 60.2 Å². The Kier molecular flexibility index (Phi) is 3.62. The zero-order chi connectivity index (χ0) is 11.4. The summed E-state index contributed by atoms with van der Waals surface area (Å²) in [6.45, 7) is 3.76. The fourth-order valence-corrected chi connectivity index (χ4v) is 1.96. The van der Waals surface area contributed by atoms with Crippen LogP contribution in [0.15, 0.2) is 12.3 Å². The van der Waals surface area contributed by atoms with Crippen LogP contribution in [0.1, 0.15) is 24.8 Å². The molecule has 2 rings (SSSR count). The summed E-state index contributed by atoms with van der Waals surface area (Å²) in [6, 6.07) is 1.93. The number of ether oxygens (including phenoxy) is 1. The number of nitrogens with one attached hydrogen (secondary N) is 1. The van der Waals surface area contributed by atoms with Gasteiger partial charge in [-0.15, -0.1) is 0 Å². The third kappa shape index (κ3) is 2.85. The number of anilines is 2. The molecule has 1 aromatic rings. The molecule has 0 amide bonds. The van der Waals surface area contributed by atoms with Gasteiger partial charge in [0.15, 0.2) is 0 Å². The highest BCUT2D eigenvalue weighted by molar-refractivity contribution is 5.61. The van der Waals surface area contributed by atoms with Crippen LogP contribution in [0.4, 0.5) is 11.5 Å². The second-order valence-electron chi connectivity index (χ2n) is 4.30. The van der Waals surface area contributed by atoms with Crippen molar-refractivity contribution in [2.24, 2.45) is 0 Å². The van der Waals surface area contributed by atoms with Gasteiger partial charge in [-0.2, -0.15) is 0 Å². The van der Waals surface area contributed by atoms with Crippen LogP contribution < -0.4 is 11.1 Å². The van der Waals surface area contributed by atoms with Crippen molar-refractivity contribution in [2.45, 2.75) is 32.3 Å². The monoisotopic (exact) mass is 221 g/mol. The van der Waals surface area contributed by atoms with E-state index < -0.39 is 0 Å². The number of aryl methyl sites for hydroxylation is 1. The molecular formula is C12H19N3O. The summed E-state index contributed by atoms with van der Waals surface area (Å²) >= 11 is 0. The van der Waals surface area contributed by atoms with E-state index in [4.69, 9.17) is 10.5 Å². The number of pyridine rings is 1. The van der Waals surface area contributed by atoms with Gasteiger partial charge in [-0.3, -0.25) is 0 Å². The van der Waals surface area contributed by atoms with E-state index in [1.54, 1.807) is 0 Å². The molecule has 0 saturated carbocycles. The lowest BCUT2D eigenvalue weighted by Gasteiger charge is -2.11. The van der Waals surface area contributed by atoms with Crippen LogP contribution in [0.25, 0.3) is 0 Å². The van der Waals surface area contributed by atoms with Gasteiger partial charge in [0.2, 0.25) is 0 Å². The molecule has 1 unspecified atom stereocenters. The van der Waals surface area contributed by atoms with Gasteiger partial charge in [0.25, 0.3) is 0 Å². The normalized spacial score (nSPS) is 19.9. The minimum atomic E-state index is 0.416. The molecule has 1 aliphatic heterocycles. The molecule has 0 spiro atoms. The van der Waals surface area contributed by atoms with Gasteiger partial charge in [-0.05, 0) is 37.8 Å². The Labute approximate surface area is 96.2 Å². The number of hydrogen-bond donors (Lipinski definition) is 2. The van der Waals surface area contributed by atoms with Crippen LogP contribution in [0.5, 0.6) is 0 Å². The zero-order valence-electron chi connectivity index (χ0n) is 9.70. The number of rotatable bonds is 4. The number of aromatic nitrogens is 1. The van der Waals surface area contributed by atoms with Crippen molar-refractivity contribution < 1.29 is 4.74 Å². The summed E-state index contributed by atoms with van der Waals surface area (Å²) in [5.74, 6) is 0.781. The smallest absolute Gasteiger partial charge is 0.149 e. The molecule has 0 radical (unpaired) electrons. The van der Waals surface area contributed by atoms with Crippen LogP contribution in [0.2, 0.25) is 0 Å². The lowest BCUT2D eigenvalue weighted by atomic mass is 10.2. The second-order valence-corrected chi connectivity index (χ2v) is 4.30. The Bertz CT molecular complexity index is 348. The summed E-state index contributed by atoms with van der Waals surface area (Å²) in [5.41, 5.74) is 7.66. The molecule has 0 aromatic carbocycles. The molecule has 1 aliphatic rings. The Balaban J connectivity index is 1.80. The summed E-state index contributed by atoms with van der Waals surface area (Å²) in [6.07, 6.45) is 5.63. The lowest BCUT2D eigenvalue weighted by Crippen LogP contribution is -2.13. The molecule has 1 atom stereocenters. The number of nitrogens with two attached hydrogens (primary N) is 1. The third-order valence-corrected chi connectivity index (χ3v) is 2.84. The van der Waals surface area contributed by atoms with E-state index in [0.29, 0.717) is 11.8 Å². The summed E-state index contributed by atoms with van der Waals surface area (Å²) in [5, 5.41) is 3.25. The maximum absolute atomic E-state index is 5.86. The fourth-order valence-electron chi connectivity index (χ4n) is 1.96. The van der Waals surface area contributed by atoms with Crippen LogP contribution in [-0.2, 0) is 4.74 Å². The van der Waals surface area contributed by atoms with E-state index in [9.17, 15) is 0 Å². The number of nitrogens with zero attached hydrogens (tertiary/aromatic N) is 1. The van der Waals surface area contributed by atoms with Gasteiger partial charge >= 0.3 is 0 Å². The molecule has 4 nitrogen and oxygen atoms in total. The predicted octanol–water partition coefficient (Wildman–Crippen LogP) is 1.95. The molecule has 4 heteroatoms. The van der Waals surface area contributed by atoms with E-state index in [-0.39, 0.29) is 0 Å². The van der Waals surface area contributed by atoms with Gasteiger partial charge in [0.05, 0.1) is 11.8 Å². The molecule has 1 aromatic heterocycles. The van der Waals surface area contributed by atoms with Crippen molar-refractivity contribution in [1.29, 1.82) is 0 Å². The van der Waals surface area contributed by atoms with Crippen LogP contribution in [0.3, 0.4) is 0 Å². The molecule has 1 saturated heterocycles. The maximum Gasteiger partial charge on any atom is 0.149 e. The first-order valence-electron chi connectivity index (χ1n) is 5.83. The van der Waals surface area contributed by atoms with Gasteiger partial charge in [0, 0.05) is 19.3 Å². The Morgan fingerprint density at radius 2 is 2.50 bits per heavy atom. The fraction of sp³-hybridized carbons (Fsp3) is 0.583. The Hall–Kier alpha value is -1.29. The number of hydrogen-bond acceptors (Lipinski definition) is 4. The highest BCUT2D eigenvalue weighted by Crippen LogP contribution is 2.18. The summed E-state index contributed by atoms with van der Waals surface area (Å²) in [4.78, 5) is 4.27. The Morgan fingerprint density at radius 3 is 3.19 bits per heavy atom. The van der Waals surface area contributed by atoms with Crippen molar-refractivity contribution in [1.82, 2.24) is 4.98 Å². The highest BCUT2D eigenvalue weighted by atomic mass is 16.5. The number of nitrogen functional groups attached to an aromatic ring is 1. The van der Waals surface area contributed by atoms with Gasteiger partial charge in [-0.25, -0.2) is 4.98 Å². The molecule has 2 heterocycles. The van der Waals surface area contributed by atoms with Gasteiger partial charge in [0.1, 0.15) is 5.82 Å². The lowest BCUT2D eigenvalue weighted by molar-refractivity contribution is 0.107. The summed E-state index contributed by atoms with van der Waals surface area (Å²) < 4.78 is 5.55. The maximum atomic E-state index is 5.86. The largest absolute Gasteiger partial charge is 0.396 e. The van der Waals surface area contributed by atoms with Gasteiger partial charge < -0.3 is 15.8 Å². The van der Waals surface area contributed by atoms with E-state index >= 15 is 0 Å². The Morgan fingerprint density at radius 1 is 1.62 bits per heavy atom. The first-order chi connectivity index (χ1) is 7.75. The van der Waals surface area contributed by atoms with Crippen molar-refractivity contribution >= 4 is 11.5 Å². The molecule has 16 heavy (non-hydrogen) atoms. The first-order valence-corrected chi connectivity index (χ1v) is 5.83. The minimum Gasteiger partial charge on any atom is -0.396 e. The summed E-state index contributed by atoms with van der Waals surface area (Å²) in [7, 11) is 0. The van der Waals surface area contributed by atoms with Crippen molar-refractivity contribution in [3.63, 3.8) is 0 Å². The van der Waals surface area contributed by atoms with E-state index in [0.717, 1.165) is 31.0 Å². The molecule has 1 fully saturated rings. The van der Waals surface area contributed by atoms with Gasteiger partial charge in [-0.1, -0.05) is 0 Å². The van der Waals surface area contributed by atoms with E-state index in [1.165, 1.54) is 12.8 Å². The molecule has 88 valence electrons. The van der Waals surface area contributed by atoms with E-state index in [2.05, 4.69) is 10.3 Å². The van der Waals surface area contributed by atoms with Crippen LogP contribution in [0, 0.1) is 6.92 Å². The second kappa shape index (κ2) is 5.16. The predicted molar refractivity (Wildman–Crippen MR) is 65.5 cm³/mol. The van der Waals surface area contributed by atoms with Crippen LogP contribution >= 0.6 is 0 Å². The molecule has 0 aliphatic carbocycles. The average Bonchev–Trinajstić information content (AvgIpc) is 2.74. The van der Waals surface area contributed by atoms with Crippen molar-refractivity contribution in [2.75, 3.05) is 24.2 Å². The third-order valence-electron chi connectivity index (χ3n) is 2.84. The first kappa shape index (κ1) is 11.2. The SMILES string of the molecule is Cc1cnc(NCCC2CCCO2)c(N)c1. The van der Waals surface area contributed by atoms with Crippen molar-refractivity contribution in [3.8, 4) is 0 Å². The standard InChI is InChI=1S/C12H19N3O/c1-9-7-11(13)12(15-8-9)14-5-4-10-3-2-6-16-10/h7-8,10H,2-6,13H2,1H3,(H,14,15). The average molecular weight is 221 g/mol. The van der Waals surface area contributed by atoms with E-state index in [1.807, 2.05) is 19.2 Å². The molecule has 3 N–H and O–H groups in total. The minimum absolute atomic E-state index is 0.416. The molecular weight excluding hydrogens is 202 g/mol. The quantitative estimate of drug-likeness (QED) is 0.816. The zero-order valence-corrected chi connectivity index (χ0v) is 9.70. The highest BCUT2D eigenvalue weighted by Gasteiger charge is 2.14. The molecule has 0 bridgehead atoms.